The Morgan fingerprint density at radius 1 is 1.15 bits per heavy atom. The molecule has 0 aromatic heterocycles. The molecule has 1 saturated carbocycles. The molecule has 0 unspecified atom stereocenters. The van der Waals surface area contributed by atoms with E-state index >= 15 is 0 Å². The molecule has 0 amide bonds. The summed E-state index contributed by atoms with van der Waals surface area (Å²) in [5.74, 6) is 0. The van der Waals surface area contributed by atoms with E-state index in [2.05, 4.69) is 54.8 Å². The van der Waals surface area contributed by atoms with Crippen LogP contribution in [0.25, 0.3) is 0 Å². The third-order valence-electron chi connectivity index (χ3n) is 3.88. The van der Waals surface area contributed by atoms with Crippen molar-refractivity contribution >= 4 is 17.3 Å². The van der Waals surface area contributed by atoms with Crippen molar-refractivity contribution in [1.82, 2.24) is 10.6 Å². The fourth-order valence-electron chi connectivity index (χ4n) is 2.93. The molecule has 1 aliphatic carbocycles. The number of rotatable bonds is 4. The van der Waals surface area contributed by atoms with E-state index in [4.69, 9.17) is 12.2 Å². The second-order valence-corrected chi connectivity index (χ2v) is 6.89. The zero-order valence-electron chi connectivity index (χ0n) is 12.6. The van der Waals surface area contributed by atoms with E-state index in [1.807, 2.05) is 0 Å². The minimum absolute atomic E-state index is 0.0277. The molecule has 1 aliphatic rings. The van der Waals surface area contributed by atoms with Crippen LogP contribution in [0.4, 0.5) is 0 Å². The molecule has 0 aliphatic heterocycles. The van der Waals surface area contributed by atoms with Crippen molar-refractivity contribution in [2.24, 2.45) is 0 Å². The zero-order chi connectivity index (χ0) is 14.4. The van der Waals surface area contributed by atoms with Gasteiger partial charge in [0.2, 0.25) is 0 Å². The van der Waals surface area contributed by atoms with Gasteiger partial charge in [0.25, 0.3) is 0 Å². The number of nitrogens with one attached hydrogen (secondary N) is 2. The Morgan fingerprint density at radius 3 is 2.45 bits per heavy atom. The van der Waals surface area contributed by atoms with Crippen molar-refractivity contribution in [2.45, 2.75) is 64.0 Å². The van der Waals surface area contributed by atoms with E-state index in [0.717, 1.165) is 11.5 Å². The van der Waals surface area contributed by atoms with Crippen molar-refractivity contribution < 1.29 is 0 Å². The van der Waals surface area contributed by atoms with Crippen LogP contribution < -0.4 is 10.6 Å². The highest BCUT2D eigenvalue weighted by atomic mass is 32.1. The lowest BCUT2D eigenvalue weighted by Crippen LogP contribution is -2.52. The molecule has 110 valence electrons. The molecule has 20 heavy (non-hydrogen) atoms. The monoisotopic (exact) mass is 290 g/mol. The van der Waals surface area contributed by atoms with Crippen LogP contribution in [0.15, 0.2) is 30.3 Å². The molecule has 2 rings (SSSR count). The van der Waals surface area contributed by atoms with Gasteiger partial charge in [-0.1, -0.05) is 49.6 Å². The molecule has 1 aromatic carbocycles. The minimum atomic E-state index is -0.0277. The highest BCUT2D eigenvalue weighted by Gasteiger charge is 2.21. The summed E-state index contributed by atoms with van der Waals surface area (Å²) in [6, 6.07) is 11.1. The van der Waals surface area contributed by atoms with E-state index in [1.165, 1.54) is 37.7 Å². The van der Waals surface area contributed by atoms with Crippen LogP contribution in [0.2, 0.25) is 0 Å². The van der Waals surface area contributed by atoms with Crippen LogP contribution in [0.5, 0.6) is 0 Å². The van der Waals surface area contributed by atoms with Gasteiger partial charge < -0.3 is 10.6 Å². The van der Waals surface area contributed by atoms with Gasteiger partial charge in [-0.2, -0.15) is 0 Å². The van der Waals surface area contributed by atoms with Crippen molar-refractivity contribution in [2.75, 3.05) is 0 Å². The Balaban J connectivity index is 1.82. The normalized spacial score (nSPS) is 16.7. The van der Waals surface area contributed by atoms with Crippen LogP contribution in [0.3, 0.4) is 0 Å². The summed E-state index contributed by atoms with van der Waals surface area (Å²) in [6.45, 7) is 4.41. The summed E-state index contributed by atoms with van der Waals surface area (Å²) in [4.78, 5) is 0. The second-order valence-electron chi connectivity index (χ2n) is 6.48. The first-order chi connectivity index (χ1) is 9.55. The fraction of sp³-hybridized carbons (Fsp3) is 0.588. The van der Waals surface area contributed by atoms with Gasteiger partial charge in [0, 0.05) is 11.6 Å². The fourth-order valence-corrected chi connectivity index (χ4v) is 3.37. The SMILES string of the molecule is CC(C)(Cc1ccccc1)NC(=S)NC1CCCCC1. The van der Waals surface area contributed by atoms with E-state index in [0.29, 0.717) is 6.04 Å². The van der Waals surface area contributed by atoms with Gasteiger partial charge in [-0.3, -0.25) is 0 Å². The summed E-state index contributed by atoms with van der Waals surface area (Å²) in [7, 11) is 0. The maximum Gasteiger partial charge on any atom is 0.166 e. The molecular formula is C17H26N2S. The summed E-state index contributed by atoms with van der Waals surface area (Å²) in [5, 5.41) is 7.76. The largest absolute Gasteiger partial charge is 0.360 e. The molecule has 2 nitrogen and oxygen atoms in total. The maximum atomic E-state index is 5.48. The first-order valence-electron chi connectivity index (χ1n) is 7.68. The number of hydrogen-bond donors (Lipinski definition) is 2. The number of hydrogen-bond acceptors (Lipinski definition) is 1. The van der Waals surface area contributed by atoms with Crippen LogP contribution in [-0.4, -0.2) is 16.7 Å². The Bertz CT molecular complexity index is 422. The Morgan fingerprint density at radius 2 is 1.80 bits per heavy atom. The predicted molar refractivity (Wildman–Crippen MR) is 90.0 cm³/mol. The minimum Gasteiger partial charge on any atom is -0.360 e. The van der Waals surface area contributed by atoms with Gasteiger partial charge in [-0.25, -0.2) is 0 Å². The van der Waals surface area contributed by atoms with Crippen LogP contribution >= 0.6 is 12.2 Å². The number of thiocarbonyl (C=S) groups is 1. The lowest BCUT2D eigenvalue weighted by Gasteiger charge is -2.31. The summed E-state index contributed by atoms with van der Waals surface area (Å²) < 4.78 is 0. The average molecular weight is 290 g/mol. The summed E-state index contributed by atoms with van der Waals surface area (Å²) >= 11 is 5.48. The van der Waals surface area contributed by atoms with Gasteiger partial charge in [0.1, 0.15) is 0 Å². The quantitative estimate of drug-likeness (QED) is 0.825. The molecule has 0 spiro atoms. The highest BCUT2D eigenvalue weighted by Crippen LogP contribution is 2.18. The average Bonchev–Trinajstić information content (AvgIpc) is 2.39. The van der Waals surface area contributed by atoms with E-state index in [1.54, 1.807) is 0 Å². The van der Waals surface area contributed by atoms with Gasteiger partial charge in [0.05, 0.1) is 0 Å². The van der Waals surface area contributed by atoms with Gasteiger partial charge in [-0.15, -0.1) is 0 Å². The molecule has 0 heterocycles. The molecular weight excluding hydrogens is 264 g/mol. The molecule has 0 bridgehead atoms. The third kappa shape index (κ3) is 5.12. The predicted octanol–water partition coefficient (Wildman–Crippen LogP) is 3.80. The first-order valence-corrected chi connectivity index (χ1v) is 8.09. The topological polar surface area (TPSA) is 24.1 Å². The summed E-state index contributed by atoms with van der Waals surface area (Å²) in [6.07, 6.45) is 7.50. The van der Waals surface area contributed by atoms with Gasteiger partial charge in [-0.05, 0) is 50.9 Å². The van der Waals surface area contributed by atoms with Gasteiger partial charge >= 0.3 is 0 Å². The Kier molecular flexibility index (Phi) is 5.41. The smallest absolute Gasteiger partial charge is 0.166 e. The number of benzene rings is 1. The molecule has 1 fully saturated rings. The second kappa shape index (κ2) is 7.07. The van der Waals surface area contributed by atoms with E-state index < -0.39 is 0 Å². The molecule has 2 N–H and O–H groups in total. The van der Waals surface area contributed by atoms with E-state index in [9.17, 15) is 0 Å². The van der Waals surface area contributed by atoms with Crippen molar-refractivity contribution in [3.8, 4) is 0 Å². The maximum absolute atomic E-state index is 5.48. The van der Waals surface area contributed by atoms with Gasteiger partial charge in [0.15, 0.2) is 5.11 Å². The lowest BCUT2D eigenvalue weighted by molar-refractivity contribution is 0.400. The lowest BCUT2D eigenvalue weighted by atomic mass is 9.94. The van der Waals surface area contributed by atoms with Crippen LogP contribution in [0.1, 0.15) is 51.5 Å². The Labute approximate surface area is 128 Å². The zero-order valence-corrected chi connectivity index (χ0v) is 13.4. The van der Waals surface area contributed by atoms with Crippen molar-refractivity contribution in [3.05, 3.63) is 35.9 Å². The molecule has 0 saturated heterocycles. The van der Waals surface area contributed by atoms with Crippen molar-refractivity contribution in [1.29, 1.82) is 0 Å². The van der Waals surface area contributed by atoms with Crippen LogP contribution in [-0.2, 0) is 6.42 Å². The molecule has 0 atom stereocenters. The van der Waals surface area contributed by atoms with Crippen LogP contribution in [0, 0.1) is 0 Å². The standard InChI is InChI=1S/C17H26N2S/c1-17(2,13-14-9-5-3-6-10-14)19-16(20)18-15-11-7-4-8-12-15/h3,5-6,9-10,15H,4,7-8,11-13H2,1-2H3,(H2,18,19,20). The first kappa shape index (κ1) is 15.3. The summed E-state index contributed by atoms with van der Waals surface area (Å²) in [5.41, 5.74) is 1.31. The Hall–Kier alpha value is -1.09. The third-order valence-corrected chi connectivity index (χ3v) is 4.10. The highest BCUT2D eigenvalue weighted by molar-refractivity contribution is 7.80. The molecule has 1 aromatic rings. The van der Waals surface area contributed by atoms with E-state index in [-0.39, 0.29) is 5.54 Å². The molecule has 0 radical (unpaired) electrons. The van der Waals surface area contributed by atoms with Crippen molar-refractivity contribution in [3.63, 3.8) is 0 Å². The molecule has 3 heteroatoms.